The number of hydrogen-bond acceptors (Lipinski definition) is 5. The zero-order valence-corrected chi connectivity index (χ0v) is 15.6. The van der Waals surface area contributed by atoms with Crippen LogP contribution >= 0.6 is 0 Å². The molecule has 0 unspecified atom stereocenters. The number of aromatic nitrogens is 2. The van der Waals surface area contributed by atoms with Crippen molar-refractivity contribution in [3.05, 3.63) is 45.9 Å². The van der Waals surface area contributed by atoms with E-state index in [0.29, 0.717) is 44.8 Å². The molecule has 1 atom stereocenters. The predicted molar refractivity (Wildman–Crippen MR) is 103 cm³/mol. The minimum absolute atomic E-state index is 0.130. The van der Waals surface area contributed by atoms with Gasteiger partial charge in [-0.1, -0.05) is 17.9 Å². The summed E-state index contributed by atoms with van der Waals surface area (Å²) in [5.41, 5.74) is 3.87. The summed E-state index contributed by atoms with van der Waals surface area (Å²) in [6.07, 6.45) is 3.12. The Hall–Kier alpha value is -2.62. The molecule has 2 aromatic rings. The second kappa shape index (κ2) is 7.42. The van der Waals surface area contributed by atoms with Gasteiger partial charge in [-0.3, -0.25) is 4.57 Å². The Morgan fingerprint density at radius 3 is 3.00 bits per heavy atom. The first-order valence-corrected chi connectivity index (χ1v) is 9.85. The SMILES string of the molecule is O=c1nc(OC[C@H]2COCCO2)cc2n1CCc1cc(C#CC3CC3)ccc1-2. The molecule has 0 radical (unpaired) electrons. The van der Waals surface area contributed by atoms with Crippen LogP contribution in [0.4, 0.5) is 0 Å². The topological polar surface area (TPSA) is 62.6 Å². The third-order valence-corrected chi connectivity index (χ3v) is 5.27. The Morgan fingerprint density at radius 2 is 2.18 bits per heavy atom. The molecule has 0 bridgehead atoms. The highest BCUT2D eigenvalue weighted by Gasteiger charge is 2.21. The first-order valence-electron chi connectivity index (χ1n) is 9.85. The quantitative estimate of drug-likeness (QED) is 0.765. The average Bonchev–Trinajstić information content (AvgIpc) is 3.56. The van der Waals surface area contributed by atoms with Gasteiger partial charge in [0, 0.05) is 29.7 Å². The van der Waals surface area contributed by atoms with E-state index in [1.807, 2.05) is 12.1 Å². The van der Waals surface area contributed by atoms with Crippen molar-refractivity contribution >= 4 is 0 Å². The van der Waals surface area contributed by atoms with Crippen LogP contribution in [0.25, 0.3) is 11.3 Å². The number of benzene rings is 1. The van der Waals surface area contributed by atoms with Gasteiger partial charge >= 0.3 is 5.69 Å². The summed E-state index contributed by atoms with van der Waals surface area (Å²) in [4.78, 5) is 16.6. The highest BCUT2D eigenvalue weighted by Crippen LogP contribution is 2.31. The van der Waals surface area contributed by atoms with Crippen LogP contribution in [-0.4, -0.2) is 42.1 Å². The number of aryl methyl sites for hydroxylation is 1. The van der Waals surface area contributed by atoms with Crippen LogP contribution in [0.5, 0.6) is 5.88 Å². The average molecular weight is 378 g/mol. The third-order valence-electron chi connectivity index (χ3n) is 5.27. The maximum atomic E-state index is 12.5. The maximum absolute atomic E-state index is 12.5. The van der Waals surface area contributed by atoms with Crippen LogP contribution in [-0.2, 0) is 22.4 Å². The fraction of sp³-hybridized carbons (Fsp3) is 0.455. The molecule has 28 heavy (non-hydrogen) atoms. The van der Waals surface area contributed by atoms with Gasteiger partial charge in [0.05, 0.1) is 25.5 Å². The second-order valence-corrected chi connectivity index (χ2v) is 7.46. The molecule has 1 saturated carbocycles. The van der Waals surface area contributed by atoms with Gasteiger partial charge in [-0.25, -0.2) is 4.79 Å². The molecule has 2 aliphatic heterocycles. The van der Waals surface area contributed by atoms with E-state index in [0.717, 1.165) is 23.2 Å². The maximum Gasteiger partial charge on any atom is 0.351 e. The van der Waals surface area contributed by atoms with Gasteiger partial charge in [0.1, 0.15) is 12.7 Å². The molecule has 0 spiro atoms. The number of rotatable bonds is 3. The van der Waals surface area contributed by atoms with Gasteiger partial charge < -0.3 is 14.2 Å². The Balaban J connectivity index is 1.40. The molecule has 2 fully saturated rings. The van der Waals surface area contributed by atoms with Crippen molar-refractivity contribution in [3.63, 3.8) is 0 Å². The van der Waals surface area contributed by atoms with Crippen molar-refractivity contribution in [2.45, 2.75) is 31.9 Å². The van der Waals surface area contributed by atoms with Crippen LogP contribution in [0.3, 0.4) is 0 Å². The molecule has 3 aliphatic rings. The number of ether oxygens (including phenoxy) is 3. The monoisotopic (exact) mass is 378 g/mol. The van der Waals surface area contributed by atoms with Crippen LogP contribution in [0, 0.1) is 17.8 Å². The molecule has 3 heterocycles. The Kier molecular flexibility index (Phi) is 4.63. The van der Waals surface area contributed by atoms with E-state index in [2.05, 4.69) is 29.0 Å². The first kappa shape index (κ1) is 17.5. The lowest BCUT2D eigenvalue weighted by molar-refractivity contribution is -0.102. The van der Waals surface area contributed by atoms with Crippen LogP contribution in [0.15, 0.2) is 29.1 Å². The van der Waals surface area contributed by atoms with Gasteiger partial charge in [0.25, 0.3) is 0 Å². The van der Waals surface area contributed by atoms with Crippen LogP contribution in [0.1, 0.15) is 24.0 Å². The van der Waals surface area contributed by atoms with E-state index in [4.69, 9.17) is 14.2 Å². The van der Waals surface area contributed by atoms with Crippen molar-refractivity contribution in [1.82, 2.24) is 9.55 Å². The molecule has 5 rings (SSSR count). The molecule has 1 aromatic carbocycles. The number of hydrogen-bond donors (Lipinski definition) is 0. The lowest BCUT2D eigenvalue weighted by atomic mass is 9.95. The minimum Gasteiger partial charge on any atom is -0.475 e. The van der Waals surface area contributed by atoms with Gasteiger partial charge in [0.2, 0.25) is 5.88 Å². The highest BCUT2D eigenvalue weighted by molar-refractivity contribution is 5.68. The summed E-state index contributed by atoms with van der Waals surface area (Å²) < 4.78 is 18.4. The van der Waals surface area contributed by atoms with E-state index in [-0.39, 0.29) is 11.8 Å². The molecule has 144 valence electrons. The van der Waals surface area contributed by atoms with E-state index in [9.17, 15) is 4.79 Å². The molecule has 6 nitrogen and oxygen atoms in total. The van der Waals surface area contributed by atoms with Crippen molar-refractivity contribution in [1.29, 1.82) is 0 Å². The summed E-state index contributed by atoms with van der Waals surface area (Å²) >= 11 is 0. The Morgan fingerprint density at radius 1 is 1.25 bits per heavy atom. The fourth-order valence-corrected chi connectivity index (χ4v) is 3.58. The predicted octanol–water partition coefficient (Wildman–Crippen LogP) is 2.02. The van der Waals surface area contributed by atoms with Crippen LogP contribution in [0.2, 0.25) is 0 Å². The number of nitrogens with zero attached hydrogens (tertiary/aromatic N) is 2. The Bertz CT molecular complexity index is 1010. The molecule has 1 aromatic heterocycles. The normalized spacial score (nSPS) is 20.5. The smallest absolute Gasteiger partial charge is 0.351 e. The summed E-state index contributed by atoms with van der Waals surface area (Å²) in [5, 5.41) is 0. The lowest BCUT2D eigenvalue weighted by Crippen LogP contribution is -2.34. The van der Waals surface area contributed by atoms with E-state index in [1.165, 1.54) is 18.4 Å². The van der Waals surface area contributed by atoms with Crippen LogP contribution < -0.4 is 10.4 Å². The van der Waals surface area contributed by atoms with Gasteiger partial charge in [0.15, 0.2) is 0 Å². The van der Waals surface area contributed by atoms with E-state index < -0.39 is 0 Å². The summed E-state index contributed by atoms with van der Waals surface area (Å²) in [5.74, 6) is 7.50. The standard InChI is InChI=1S/C22H22N2O4/c25-22-23-21(28-14-18-13-26-9-10-27-18)12-20-19-6-5-16(4-3-15-1-2-15)11-17(19)7-8-24(20)22/h5-6,11-12,15,18H,1-2,7-10,13-14H2/t18-/m1/s1. The summed E-state index contributed by atoms with van der Waals surface area (Å²) in [6.45, 7) is 2.61. The molecular formula is C22H22N2O4. The first-order chi connectivity index (χ1) is 13.8. The Labute approximate surface area is 163 Å². The minimum atomic E-state index is -0.281. The third kappa shape index (κ3) is 3.68. The second-order valence-electron chi connectivity index (χ2n) is 7.46. The molecule has 0 N–H and O–H groups in total. The fourth-order valence-electron chi connectivity index (χ4n) is 3.58. The van der Waals surface area contributed by atoms with Gasteiger partial charge in [-0.2, -0.15) is 4.98 Å². The van der Waals surface area contributed by atoms with Crippen molar-refractivity contribution in [2.75, 3.05) is 26.4 Å². The van der Waals surface area contributed by atoms with Crippen molar-refractivity contribution < 1.29 is 14.2 Å². The summed E-state index contributed by atoms with van der Waals surface area (Å²) in [7, 11) is 0. The zero-order chi connectivity index (χ0) is 18.9. The largest absolute Gasteiger partial charge is 0.475 e. The highest BCUT2D eigenvalue weighted by atomic mass is 16.6. The molecule has 0 amide bonds. The molecular weight excluding hydrogens is 356 g/mol. The lowest BCUT2D eigenvalue weighted by Gasteiger charge is -2.24. The van der Waals surface area contributed by atoms with Gasteiger partial charge in [-0.15, -0.1) is 0 Å². The molecule has 1 saturated heterocycles. The number of fused-ring (bicyclic) bond motifs is 3. The van der Waals surface area contributed by atoms with Gasteiger partial charge in [-0.05, 0) is 37.0 Å². The molecule has 6 heteroatoms. The van der Waals surface area contributed by atoms with Crippen molar-refractivity contribution in [2.24, 2.45) is 5.92 Å². The van der Waals surface area contributed by atoms with Crippen molar-refractivity contribution in [3.8, 4) is 29.0 Å². The van der Waals surface area contributed by atoms with E-state index in [1.54, 1.807) is 4.57 Å². The van der Waals surface area contributed by atoms with E-state index >= 15 is 0 Å². The molecule has 1 aliphatic carbocycles. The summed E-state index contributed by atoms with van der Waals surface area (Å²) in [6, 6.07) is 8.08. The zero-order valence-electron chi connectivity index (χ0n) is 15.6.